The molecule has 1 saturated carbocycles. The van der Waals surface area contributed by atoms with E-state index in [2.05, 4.69) is 6.92 Å². The Kier molecular flexibility index (Phi) is 3.55. The Morgan fingerprint density at radius 3 is 2.53 bits per heavy atom. The van der Waals surface area contributed by atoms with E-state index in [-0.39, 0.29) is 5.38 Å². The molecule has 3 heteroatoms. The monoisotopic (exact) mass is 229 g/mol. The van der Waals surface area contributed by atoms with Crippen molar-refractivity contribution in [2.24, 2.45) is 11.8 Å². The molecule has 0 spiro atoms. The zero-order valence-electron chi connectivity index (χ0n) is 9.42. The fourth-order valence-corrected chi connectivity index (χ4v) is 3.36. The summed E-state index contributed by atoms with van der Waals surface area (Å²) in [4.78, 5) is 14.2. The maximum absolute atomic E-state index is 12.2. The van der Waals surface area contributed by atoms with Gasteiger partial charge in [0.1, 0.15) is 0 Å². The van der Waals surface area contributed by atoms with Gasteiger partial charge in [0, 0.05) is 19.0 Å². The number of carbonyl (C=O) groups excluding carboxylic acids is 1. The minimum Gasteiger partial charge on any atom is -0.341 e. The van der Waals surface area contributed by atoms with Gasteiger partial charge in [0.05, 0.1) is 5.38 Å². The van der Waals surface area contributed by atoms with E-state index in [1.165, 1.54) is 12.8 Å². The fourth-order valence-electron chi connectivity index (χ4n) is 2.89. The minimum absolute atomic E-state index is 0.166. The SMILES string of the molecule is CC1CC(Cl)CN(C(=O)C2CCCC2)C1. The lowest BCUT2D eigenvalue weighted by Crippen LogP contribution is -2.46. The Morgan fingerprint density at radius 2 is 1.93 bits per heavy atom. The highest BCUT2D eigenvalue weighted by atomic mass is 35.5. The molecule has 86 valence electrons. The molecule has 0 N–H and O–H groups in total. The van der Waals surface area contributed by atoms with Crippen molar-refractivity contribution in [3.63, 3.8) is 0 Å². The third-order valence-corrected chi connectivity index (χ3v) is 3.94. The van der Waals surface area contributed by atoms with Gasteiger partial charge in [-0.1, -0.05) is 19.8 Å². The first-order valence-corrected chi connectivity index (χ1v) is 6.53. The second kappa shape index (κ2) is 4.73. The van der Waals surface area contributed by atoms with Crippen molar-refractivity contribution in [1.29, 1.82) is 0 Å². The van der Waals surface area contributed by atoms with E-state index in [1.54, 1.807) is 0 Å². The zero-order valence-corrected chi connectivity index (χ0v) is 10.2. The summed E-state index contributed by atoms with van der Waals surface area (Å²) in [7, 11) is 0. The normalized spacial score (nSPS) is 33.3. The van der Waals surface area contributed by atoms with Crippen LogP contribution in [0.1, 0.15) is 39.0 Å². The molecule has 1 saturated heterocycles. The van der Waals surface area contributed by atoms with Gasteiger partial charge in [0.2, 0.25) is 5.91 Å². The Balaban J connectivity index is 1.93. The second-order valence-corrected chi connectivity index (χ2v) is 5.78. The smallest absolute Gasteiger partial charge is 0.225 e. The van der Waals surface area contributed by atoms with E-state index >= 15 is 0 Å². The maximum Gasteiger partial charge on any atom is 0.225 e. The number of nitrogens with zero attached hydrogens (tertiary/aromatic N) is 1. The number of alkyl halides is 1. The highest BCUT2D eigenvalue weighted by Gasteiger charge is 2.32. The highest BCUT2D eigenvalue weighted by molar-refractivity contribution is 6.21. The largest absolute Gasteiger partial charge is 0.341 e. The van der Waals surface area contributed by atoms with Gasteiger partial charge in [0.25, 0.3) is 0 Å². The van der Waals surface area contributed by atoms with Crippen LogP contribution >= 0.6 is 11.6 Å². The number of rotatable bonds is 1. The lowest BCUT2D eigenvalue weighted by molar-refractivity contribution is -0.136. The molecule has 2 rings (SSSR count). The molecule has 15 heavy (non-hydrogen) atoms. The number of amides is 1. The first-order valence-electron chi connectivity index (χ1n) is 6.09. The number of hydrogen-bond acceptors (Lipinski definition) is 1. The van der Waals surface area contributed by atoms with Gasteiger partial charge in [-0.05, 0) is 25.2 Å². The fraction of sp³-hybridized carbons (Fsp3) is 0.917. The third kappa shape index (κ3) is 2.66. The van der Waals surface area contributed by atoms with Gasteiger partial charge in [0.15, 0.2) is 0 Å². The Morgan fingerprint density at radius 1 is 1.27 bits per heavy atom. The molecule has 0 bridgehead atoms. The van der Waals surface area contributed by atoms with Crippen LogP contribution in [0.25, 0.3) is 0 Å². The van der Waals surface area contributed by atoms with Gasteiger partial charge in [-0.15, -0.1) is 11.6 Å². The molecule has 1 amide bonds. The molecule has 2 unspecified atom stereocenters. The lowest BCUT2D eigenvalue weighted by atomic mass is 9.97. The molecule has 2 aliphatic rings. The summed E-state index contributed by atoms with van der Waals surface area (Å²) >= 11 is 6.16. The average molecular weight is 230 g/mol. The molecule has 1 aliphatic carbocycles. The number of piperidine rings is 1. The summed E-state index contributed by atoms with van der Waals surface area (Å²) in [5.41, 5.74) is 0. The van der Waals surface area contributed by atoms with Crippen LogP contribution < -0.4 is 0 Å². The summed E-state index contributed by atoms with van der Waals surface area (Å²) in [6.45, 7) is 3.86. The number of hydrogen-bond donors (Lipinski definition) is 0. The molecule has 2 nitrogen and oxygen atoms in total. The van der Waals surface area contributed by atoms with Crippen LogP contribution in [0.3, 0.4) is 0 Å². The van der Waals surface area contributed by atoms with E-state index in [0.29, 0.717) is 17.7 Å². The van der Waals surface area contributed by atoms with Gasteiger partial charge < -0.3 is 4.90 Å². The Hall–Kier alpha value is -0.240. The molecule has 0 aromatic rings. The molecule has 0 aromatic heterocycles. The molecular weight excluding hydrogens is 210 g/mol. The minimum atomic E-state index is 0.166. The number of carbonyl (C=O) groups is 1. The van der Waals surface area contributed by atoms with Crippen molar-refractivity contribution in [2.45, 2.75) is 44.4 Å². The standard InChI is InChI=1S/C12H20ClNO/c1-9-6-11(13)8-14(7-9)12(15)10-4-2-3-5-10/h9-11H,2-8H2,1H3. The predicted octanol–water partition coefficient (Wildman–Crippen LogP) is 2.65. The summed E-state index contributed by atoms with van der Waals surface area (Å²) in [6.07, 6.45) is 5.69. The van der Waals surface area contributed by atoms with Gasteiger partial charge in [-0.2, -0.15) is 0 Å². The highest BCUT2D eigenvalue weighted by Crippen LogP contribution is 2.29. The van der Waals surface area contributed by atoms with E-state index < -0.39 is 0 Å². The molecule has 1 heterocycles. The van der Waals surface area contributed by atoms with Crippen LogP contribution in [0.5, 0.6) is 0 Å². The van der Waals surface area contributed by atoms with Crippen molar-refractivity contribution in [2.75, 3.05) is 13.1 Å². The maximum atomic E-state index is 12.2. The van der Waals surface area contributed by atoms with Crippen molar-refractivity contribution in [3.8, 4) is 0 Å². The topological polar surface area (TPSA) is 20.3 Å². The van der Waals surface area contributed by atoms with E-state index in [4.69, 9.17) is 11.6 Å². The van der Waals surface area contributed by atoms with Gasteiger partial charge in [-0.25, -0.2) is 0 Å². The van der Waals surface area contributed by atoms with Crippen LogP contribution in [0, 0.1) is 11.8 Å². The quantitative estimate of drug-likeness (QED) is 0.633. The van der Waals surface area contributed by atoms with Gasteiger partial charge >= 0.3 is 0 Å². The molecular formula is C12H20ClNO. The first kappa shape index (κ1) is 11.3. The Bertz CT molecular complexity index is 228. The first-order chi connectivity index (χ1) is 7.16. The van der Waals surface area contributed by atoms with Crippen molar-refractivity contribution in [3.05, 3.63) is 0 Å². The lowest BCUT2D eigenvalue weighted by Gasteiger charge is -2.35. The van der Waals surface area contributed by atoms with Crippen molar-refractivity contribution in [1.82, 2.24) is 4.90 Å². The van der Waals surface area contributed by atoms with Crippen LogP contribution in [0.4, 0.5) is 0 Å². The summed E-state index contributed by atoms with van der Waals surface area (Å²) in [5.74, 6) is 1.23. The number of likely N-dealkylation sites (tertiary alicyclic amines) is 1. The van der Waals surface area contributed by atoms with E-state index in [0.717, 1.165) is 32.4 Å². The van der Waals surface area contributed by atoms with Crippen LogP contribution in [0.15, 0.2) is 0 Å². The van der Waals surface area contributed by atoms with E-state index in [9.17, 15) is 4.79 Å². The Labute approximate surface area is 97.0 Å². The predicted molar refractivity (Wildman–Crippen MR) is 62.0 cm³/mol. The van der Waals surface area contributed by atoms with Crippen molar-refractivity contribution >= 4 is 17.5 Å². The summed E-state index contributed by atoms with van der Waals surface area (Å²) < 4.78 is 0. The summed E-state index contributed by atoms with van der Waals surface area (Å²) in [5, 5.41) is 0.166. The van der Waals surface area contributed by atoms with E-state index in [1.807, 2.05) is 4.90 Å². The van der Waals surface area contributed by atoms with Crippen LogP contribution in [-0.2, 0) is 4.79 Å². The average Bonchev–Trinajstić information content (AvgIpc) is 2.67. The zero-order chi connectivity index (χ0) is 10.8. The molecule has 0 radical (unpaired) electrons. The second-order valence-electron chi connectivity index (χ2n) is 5.16. The van der Waals surface area contributed by atoms with Crippen LogP contribution in [0.2, 0.25) is 0 Å². The third-order valence-electron chi connectivity index (χ3n) is 3.62. The van der Waals surface area contributed by atoms with Crippen LogP contribution in [-0.4, -0.2) is 29.3 Å². The van der Waals surface area contributed by atoms with Gasteiger partial charge in [-0.3, -0.25) is 4.79 Å². The number of halogens is 1. The summed E-state index contributed by atoms with van der Waals surface area (Å²) in [6, 6.07) is 0. The molecule has 1 aliphatic heterocycles. The molecule has 2 fully saturated rings. The molecule has 0 aromatic carbocycles. The molecule has 2 atom stereocenters. The van der Waals surface area contributed by atoms with Crippen molar-refractivity contribution < 1.29 is 4.79 Å².